The molecule has 1 atom stereocenters. The molecule has 1 fully saturated rings. The van der Waals surface area contributed by atoms with Crippen LogP contribution in [0, 0.1) is 0 Å². The summed E-state index contributed by atoms with van der Waals surface area (Å²) in [6.45, 7) is 2.74. The SMILES string of the molecule is CCOc1cc([C@H]2CCOC(=O)N2)ccc1O. The van der Waals surface area contributed by atoms with E-state index in [1.54, 1.807) is 18.2 Å². The third-order valence-electron chi connectivity index (χ3n) is 2.62. The molecule has 0 aromatic heterocycles. The summed E-state index contributed by atoms with van der Waals surface area (Å²) in [4.78, 5) is 11.1. The van der Waals surface area contributed by atoms with E-state index in [1.807, 2.05) is 6.92 Å². The van der Waals surface area contributed by atoms with E-state index in [1.165, 1.54) is 0 Å². The largest absolute Gasteiger partial charge is 0.504 e. The van der Waals surface area contributed by atoms with Gasteiger partial charge in [0.1, 0.15) is 0 Å². The normalized spacial score (nSPS) is 19.4. The maximum atomic E-state index is 11.1. The van der Waals surface area contributed by atoms with E-state index in [4.69, 9.17) is 9.47 Å². The van der Waals surface area contributed by atoms with Gasteiger partial charge in [-0.25, -0.2) is 4.79 Å². The fraction of sp³-hybridized carbons (Fsp3) is 0.417. The Morgan fingerprint density at radius 1 is 1.59 bits per heavy atom. The molecule has 0 spiro atoms. The van der Waals surface area contributed by atoms with E-state index in [-0.39, 0.29) is 11.8 Å². The zero-order valence-corrected chi connectivity index (χ0v) is 9.60. The molecular weight excluding hydrogens is 222 g/mol. The van der Waals surface area contributed by atoms with Crippen LogP contribution in [0.1, 0.15) is 24.9 Å². The molecule has 1 aliphatic rings. The molecule has 0 radical (unpaired) electrons. The number of benzene rings is 1. The second-order valence-electron chi connectivity index (χ2n) is 3.78. The van der Waals surface area contributed by atoms with Crippen LogP contribution in [0.25, 0.3) is 0 Å². The fourth-order valence-electron chi connectivity index (χ4n) is 1.79. The zero-order valence-electron chi connectivity index (χ0n) is 9.60. The van der Waals surface area contributed by atoms with Gasteiger partial charge in [-0.15, -0.1) is 0 Å². The molecular formula is C12H15NO4. The van der Waals surface area contributed by atoms with Crippen LogP contribution < -0.4 is 10.1 Å². The Labute approximate surface area is 99.3 Å². The summed E-state index contributed by atoms with van der Waals surface area (Å²) in [7, 11) is 0. The lowest BCUT2D eigenvalue weighted by molar-refractivity contribution is 0.115. The maximum Gasteiger partial charge on any atom is 0.407 e. The van der Waals surface area contributed by atoms with Gasteiger partial charge in [0.15, 0.2) is 11.5 Å². The lowest BCUT2D eigenvalue weighted by Crippen LogP contribution is -2.35. The Hall–Kier alpha value is -1.91. The van der Waals surface area contributed by atoms with E-state index in [0.29, 0.717) is 25.4 Å². The van der Waals surface area contributed by atoms with Crippen LogP contribution in [0.2, 0.25) is 0 Å². The molecule has 1 aliphatic heterocycles. The molecule has 0 bridgehead atoms. The summed E-state index contributed by atoms with van der Waals surface area (Å²) < 4.78 is 10.1. The molecule has 92 valence electrons. The highest BCUT2D eigenvalue weighted by Crippen LogP contribution is 2.31. The van der Waals surface area contributed by atoms with Crippen LogP contribution in [0.3, 0.4) is 0 Å². The van der Waals surface area contributed by atoms with Crippen molar-refractivity contribution in [1.29, 1.82) is 0 Å². The Bertz CT molecular complexity index is 419. The smallest absolute Gasteiger partial charge is 0.407 e. The molecule has 5 heteroatoms. The molecule has 2 rings (SSSR count). The summed E-state index contributed by atoms with van der Waals surface area (Å²) in [6, 6.07) is 5.00. The second kappa shape index (κ2) is 4.95. The molecule has 0 unspecified atom stereocenters. The van der Waals surface area contributed by atoms with Crippen molar-refractivity contribution in [2.24, 2.45) is 0 Å². The average molecular weight is 237 g/mol. The van der Waals surface area contributed by atoms with Crippen molar-refractivity contribution in [3.63, 3.8) is 0 Å². The minimum absolute atomic E-state index is 0.0870. The van der Waals surface area contributed by atoms with Gasteiger partial charge in [-0.2, -0.15) is 0 Å². The van der Waals surface area contributed by atoms with Gasteiger partial charge < -0.3 is 19.9 Å². The van der Waals surface area contributed by atoms with E-state index in [9.17, 15) is 9.90 Å². The standard InChI is InChI=1S/C12H15NO4/c1-2-16-11-7-8(3-4-10(11)14)9-5-6-17-12(15)13-9/h3-4,7,9,14H,2,5-6H2,1H3,(H,13,15)/t9-/m1/s1. The number of phenolic OH excluding ortho intramolecular Hbond substituents is 1. The van der Waals surface area contributed by atoms with E-state index >= 15 is 0 Å². The number of rotatable bonds is 3. The molecule has 2 N–H and O–H groups in total. The van der Waals surface area contributed by atoms with Gasteiger partial charge in [-0.05, 0) is 24.6 Å². The highest BCUT2D eigenvalue weighted by molar-refractivity contribution is 5.68. The minimum atomic E-state index is -0.410. The van der Waals surface area contributed by atoms with Gasteiger partial charge in [-0.3, -0.25) is 0 Å². The van der Waals surface area contributed by atoms with Crippen LogP contribution in [0.15, 0.2) is 18.2 Å². The van der Waals surface area contributed by atoms with Gasteiger partial charge in [0.2, 0.25) is 0 Å². The molecule has 1 heterocycles. The Balaban J connectivity index is 2.20. The van der Waals surface area contributed by atoms with Crippen LogP contribution >= 0.6 is 0 Å². The third-order valence-corrected chi connectivity index (χ3v) is 2.62. The molecule has 5 nitrogen and oxygen atoms in total. The number of carbonyl (C=O) groups excluding carboxylic acids is 1. The first-order valence-electron chi connectivity index (χ1n) is 5.59. The number of hydrogen-bond acceptors (Lipinski definition) is 4. The topological polar surface area (TPSA) is 67.8 Å². The number of phenols is 1. The molecule has 17 heavy (non-hydrogen) atoms. The molecule has 1 amide bonds. The lowest BCUT2D eigenvalue weighted by Gasteiger charge is -2.24. The summed E-state index contributed by atoms with van der Waals surface area (Å²) in [6.07, 6.45) is 0.300. The predicted molar refractivity (Wildman–Crippen MR) is 61.1 cm³/mol. The molecule has 1 saturated heterocycles. The first kappa shape index (κ1) is 11.6. The average Bonchev–Trinajstić information content (AvgIpc) is 2.32. The summed E-state index contributed by atoms with van der Waals surface area (Å²) in [5, 5.41) is 12.3. The minimum Gasteiger partial charge on any atom is -0.504 e. The van der Waals surface area contributed by atoms with Gasteiger partial charge in [-0.1, -0.05) is 6.07 Å². The van der Waals surface area contributed by atoms with Gasteiger partial charge in [0.05, 0.1) is 19.3 Å². The molecule has 0 saturated carbocycles. The van der Waals surface area contributed by atoms with Crippen molar-refractivity contribution >= 4 is 6.09 Å². The number of carbonyl (C=O) groups is 1. The Kier molecular flexibility index (Phi) is 3.37. The van der Waals surface area contributed by atoms with E-state index in [2.05, 4.69) is 5.32 Å². The highest BCUT2D eigenvalue weighted by atomic mass is 16.5. The molecule has 0 aliphatic carbocycles. The van der Waals surface area contributed by atoms with Gasteiger partial charge >= 0.3 is 6.09 Å². The number of aromatic hydroxyl groups is 1. The monoisotopic (exact) mass is 237 g/mol. The fourth-order valence-corrected chi connectivity index (χ4v) is 1.79. The zero-order chi connectivity index (χ0) is 12.3. The number of hydrogen-bond donors (Lipinski definition) is 2. The number of nitrogens with one attached hydrogen (secondary N) is 1. The number of alkyl carbamates (subject to hydrolysis) is 1. The van der Waals surface area contributed by atoms with Crippen molar-refractivity contribution in [1.82, 2.24) is 5.32 Å². The summed E-state index contributed by atoms with van der Waals surface area (Å²) in [5.41, 5.74) is 0.905. The van der Waals surface area contributed by atoms with Crippen molar-refractivity contribution in [3.8, 4) is 11.5 Å². The number of cyclic esters (lactones) is 1. The lowest BCUT2D eigenvalue weighted by atomic mass is 10.0. The number of ether oxygens (including phenoxy) is 2. The highest BCUT2D eigenvalue weighted by Gasteiger charge is 2.21. The van der Waals surface area contributed by atoms with Crippen molar-refractivity contribution in [2.45, 2.75) is 19.4 Å². The van der Waals surface area contributed by atoms with Crippen LogP contribution in [0.5, 0.6) is 11.5 Å². The summed E-state index contributed by atoms with van der Waals surface area (Å²) >= 11 is 0. The van der Waals surface area contributed by atoms with Gasteiger partial charge in [0, 0.05) is 6.42 Å². The van der Waals surface area contributed by atoms with E-state index in [0.717, 1.165) is 5.56 Å². The first-order valence-corrected chi connectivity index (χ1v) is 5.59. The van der Waals surface area contributed by atoms with Crippen LogP contribution in [-0.4, -0.2) is 24.4 Å². The Morgan fingerprint density at radius 2 is 2.41 bits per heavy atom. The maximum absolute atomic E-state index is 11.1. The molecule has 1 aromatic rings. The van der Waals surface area contributed by atoms with Crippen molar-refractivity contribution in [2.75, 3.05) is 13.2 Å². The van der Waals surface area contributed by atoms with Crippen molar-refractivity contribution < 1.29 is 19.4 Å². The Morgan fingerprint density at radius 3 is 3.12 bits per heavy atom. The summed E-state index contributed by atoms with van der Waals surface area (Å²) in [5.74, 6) is 0.541. The predicted octanol–water partition coefficient (Wildman–Crippen LogP) is 1.96. The molecule has 1 aromatic carbocycles. The quantitative estimate of drug-likeness (QED) is 0.843. The van der Waals surface area contributed by atoms with Crippen LogP contribution in [0.4, 0.5) is 4.79 Å². The van der Waals surface area contributed by atoms with Gasteiger partial charge in [0.25, 0.3) is 0 Å². The first-order chi connectivity index (χ1) is 8.20. The third kappa shape index (κ3) is 2.61. The second-order valence-corrected chi connectivity index (χ2v) is 3.78. The number of amides is 1. The van der Waals surface area contributed by atoms with Crippen molar-refractivity contribution in [3.05, 3.63) is 23.8 Å². The van der Waals surface area contributed by atoms with E-state index < -0.39 is 6.09 Å². The van der Waals surface area contributed by atoms with Crippen LogP contribution in [-0.2, 0) is 4.74 Å².